The van der Waals surface area contributed by atoms with Crippen LogP contribution in [0.15, 0.2) is 30.5 Å². The normalized spacial score (nSPS) is 10.5. The first kappa shape index (κ1) is 17.8. The number of amides is 1. The van der Waals surface area contributed by atoms with E-state index in [9.17, 15) is 14.4 Å². The van der Waals surface area contributed by atoms with Crippen molar-refractivity contribution < 1.29 is 13.9 Å². The molecular weight excluding hydrogens is 333 g/mol. The molecule has 2 rings (SSSR count). The van der Waals surface area contributed by atoms with Gasteiger partial charge in [0.25, 0.3) is 0 Å². The third-order valence-corrected chi connectivity index (χ3v) is 3.62. The number of hydrogen-bond donors (Lipinski definition) is 1. The van der Waals surface area contributed by atoms with Gasteiger partial charge in [0.2, 0.25) is 0 Å². The molecule has 0 aliphatic heterocycles. The molecule has 0 fully saturated rings. The van der Waals surface area contributed by atoms with Crippen molar-refractivity contribution in [2.45, 2.75) is 26.5 Å². The van der Waals surface area contributed by atoms with Crippen LogP contribution in [-0.4, -0.2) is 23.3 Å². The molecule has 1 amide bonds. The van der Waals surface area contributed by atoms with E-state index in [0.29, 0.717) is 28.4 Å². The Morgan fingerprint density at radius 1 is 1.50 bits per heavy atom. The van der Waals surface area contributed by atoms with Gasteiger partial charge in [-0.05, 0) is 31.5 Å². The number of nitriles is 1. The average Bonchev–Trinajstić information content (AvgIpc) is 2.83. The lowest BCUT2D eigenvalue weighted by Crippen LogP contribution is -2.29. The van der Waals surface area contributed by atoms with Crippen LogP contribution in [0.3, 0.4) is 0 Å². The summed E-state index contributed by atoms with van der Waals surface area (Å²) in [5.41, 5.74) is 1.35. The zero-order valence-corrected chi connectivity index (χ0v) is 14.1. The van der Waals surface area contributed by atoms with Crippen LogP contribution in [0.4, 0.5) is 9.18 Å². The molecule has 2 aromatic rings. The van der Waals surface area contributed by atoms with Crippen LogP contribution in [0.25, 0.3) is 11.1 Å². The fourth-order valence-corrected chi connectivity index (χ4v) is 2.58. The molecule has 0 bridgehead atoms. The van der Waals surface area contributed by atoms with Gasteiger partial charge in [-0.25, -0.2) is 9.18 Å². The summed E-state index contributed by atoms with van der Waals surface area (Å²) >= 11 is 6.34. The van der Waals surface area contributed by atoms with Crippen LogP contribution in [0.1, 0.15) is 19.4 Å². The summed E-state index contributed by atoms with van der Waals surface area (Å²) in [6.45, 7) is 4.16. The van der Waals surface area contributed by atoms with E-state index in [1.165, 1.54) is 12.1 Å². The zero-order valence-electron chi connectivity index (χ0n) is 13.3. The molecule has 24 heavy (non-hydrogen) atoms. The number of carbonyl (C=O) groups excluding carboxylic acids is 1. The Morgan fingerprint density at radius 3 is 2.88 bits per heavy atom. The summed E-state index contributed by atoms with van der Waals surface area (Å²) in [7, 11) is 0. The maximum atomic E-state index is 13.4. The molecule has 1 aromatic heterocycles. The largest absolute Gasteiger partial charge is 0.447 e. The lowest BCUT2D eigenvalue weighted by atomic mass is 10.1. The van der Waals surface area contributed by atoms with Crippen LogP contribution >= 0.6 is 11.6 Å². The number of rotatable bonds is 5. The van der Waals surface area contributed by atoms with Crippen molar-refractivity contribution in [2.75, 3.05) is 6.54 Å². The van der Waals surface area contributed by atoms with Crippen molar-refractivity contribution in [3.63, 3.8) is 0 Å². The number of hydrogen-bond acceptors (Lipinski definition) is 3. The lowest BCUT2D eigenvalue weighted by Gasteiger charge is -2.10. The Morgan fingerprint density at radius 2 is 2.25 bits per heavy atom. The van der Waals surface area contributed by atoms with Gasteiger partial charge in [-0.15, -0.1) is 0 Å². The quantitative estimate of drug-likeness (QED) is 0.888. The van der Waals surface area contributed by atoms with Crippen LogP contribution in [0.2, 0.25) is 5.15 Å². The molecule has 0 saturated heterocycles. The van der Waals surface area contributed by atoms with Gasteiger partial charge >= 0.3 is 6.09 Å². The van der Waals surface area contributed by atoms with Crippen LogP contribution in [-0.2, 0) is 11.3 Å². The summed E-state index contributed by atoms with van der Waals surface area (Å²) in [5, 5.41) is 12.2. The van der Waals surface area contributed by atoms with E-state index in [0.717, 1.165) is 0 Å². The summed E-state index contributed by atoms with van der Waals surface area (Å²) in [5.74, 6) is -0.404. The molecule has 5 nitrogen and oxygen atoms in total. The Labute approximate surface area is 144 Å². The third kappa shape index (κ3) is 4.27. The minimum Gasteiger partial charge on any atom is -0.447 e. The maximum absolute atomic E-state index is 13.4. The van der Waals surface area contributed by atoms with Crippen molar-refractivity contribution in [3.05, 3.63) is 47.0 Å². The van der Waals surface area contributed by atoms with Gasteiger partial charge in [0.15, 0.2) is 0 Å². The SMILES string of the molecule is CC(C)OC(=O)NCCn1cc(C#N)c(-c2cccc(F)c2)c1Cl. The van der Waals surface area contributed by atoms with E-state index < -0.39 is 11.9 Å². The number of nitrogens with one attached hydrogen (secondary N) is 1. The van der Waals surface area contributed by atoms with Crippen LogP contribution in [0.5, 0.6) is 0 Å². The second-order valence-corrected chi connectivity index (χ2v) is 5.76. The zero-order chi connectivity index (χ0) is 17.7. The maximum Gasteiger partial charge on any atom is 0.407 e. The van der Waals surface area contributed by atoms with Gasteiger partial charge in [0, 0.05) is 24.8 Å². The van der Waals surface area contributed by atoms with E-state index in [1.54, 1.807) is 36.7 Å². The highest BCUT2D eigenvalue weighted by Crippen LogP contribution is 2.33. The predicted molar refractivity (Wildman–Crippen MR) is 89.2 cm³/mol. The predicted octanol–water partition coefficient (Wildman–Crippen LogP) is 3.95. The molecule has 0 atom stereocenters. The molecule has 0 aliphatic carbocycles. The van der Waals surface area contributed by atoms with Crippen molar-refractivity contribution in [1.29, 1.82) is 5.26 Å². The van der Waals surface area contributed by atoms with Gasteiger partial charge in [0.1, 0.15) is 17.0 Å². The molecular formula is C17H17ClFN3O2. The molecule has 0 aliphatic rings. The summed E-state index contributed by atoms with van der Waals surface area (Å²) in [6, 6.07) is 7.96. The number of ether oxygens (including phenoxy) is 1. The Balaban J connectivity index is 2.16. The van der Waals surface area contributed by atoms with Gasteiger partial charge in [-0.3, -0.25) is 0 Å². The highest BCUT2D eigenvalue weighted by atomic mass is 35.5. The fraction of sp³-hybridized carbons (Fsp3) is 0.294. The van der Waals surface area contributed by atoms with E-state index in [1.807, 2.05) is 0 Å². The first-order valence-electron chi connectivity index (χ1n) is 7.41. The Kier molecular flexibility index (Phi) is 5.83. The lowest BCUT2D eigenvalue weighted by molar-refractivity contribution is 0.115. The number of nitrogens with zero attached hydrogens (tertiary/aromatic N) is 2. The molecule has 1 aromatic carbocycles. The van der Waals surface area contributed by atoms with Crippen molar-refractivity contribution in [3.8, 4) is 17.2 Å². The smallest absolute Gasteiger partial charge is 0.407 e. The third-order valence-electron chi connectivity index (χ3n) is 3.21. The average molecular weight is 350 g/mol. The Hall–Kier alpha value is -2.52. The minimum atomic E-state index is -0.515. The van der Waals surface area contributed by atoms with Crippen LogP contribution in [0, 0.1) is 17.1 Å². The Bertz CT molecular complexity index is 781. The minimum absolute atomic E-state index is 0.204. The van der Waals surface area contributed by atoms with E-state index in [-0.39, 0.29) is 12.6 Å². The standard InChI is InChI=1S/C17H17ClFN3O2/c1-11(2)24-17(23)21-6-7-22-10-13(9-20)15(16(22)18)12-4-3-5-14(19)8-12/h3-5,8,10-11H,6-7H2,1-2H3,(H,21,23). The second kappa shape index (κ2) is 7.84. The van der Waals surface area contributed by atoms with Crippen molar-refractivity contribution in [2.24, 2.45) is 0 Å². The summed E-state index contributed by atoms with van der Waals surface area (Å²) in [6.07, 6.45) is 0.863. The van der Waals surface area contributed by atoms with Gasteiger partial charge in [-0.2, -0.15) is 5.26 Å². The first-order chi connectivity index (χ1) is 11.4. The van der Waals surface area contributed by atoms with E-state index in [2.05, 4.69) is 11.4 Å². The van der Waals surface area contributed by atoms with Gasteiger partial charge < -0.3 is 14.6 Å². The van der Waals surface area contributed by atoms with Crippen molar-refractivity contribution in [1.82, 2.24) is 9.88 Å². The fourth-order valence-electron chi connectivity index (χ4n) is 2.23. The number of benzene rings is 1. The number of halogens is 2. The first-order valence-corrected chi connectivity index (χ1v) is 7.79. The molecule has 0 unspecified atom stereocenters. The molecule has 0 radical (unpaired) electrons. The van der Waals surface area contributed by atoms with E-state index in [4.69, 9.17) is 16.3 Å². The number of carbonyl (C=O) groups is 1. The molecule has 0 spiro atoms. The van der Waals surface area contributed by atoms with Gasteiger partial charge in [-0.1, -0.05) is 23.7 Å². The topological polar surface area (TPSA) is 67.0 Å². The summed E-state index contributed by atoms with van der Waals surface area (Å²) in [4.78, 5) is 11.4. The molecule has 1 N–H and O–H groups in total. The van der Waals surface area contributed by atoms with Crippen molar-refractivity contribution >= 4 is 17.7 Å². The molecule has 7 heteroatoms. The van der Waals surface area contributed by atoms with Gasteiger partial charge in [0.05, 0.1) is 11.7 Å². The second-order valence-electron chi connectivity index (χ2n) is 5.40. The molecule has 126 valence electrons. The number of aromatic nitrogens is 1. The summed E-state index contributed by atoms with van der Waals surface area (Å²) < 4.78 is 20.0. The van der Waals surface area contributed by atoms with Crippen LogP contribution < -0.4 is 5.32 Å². The highest BCUT2D eigenvalue weighted by Gasteiger charge is 2.16. The number of alkyl carbamates (subject to hydrolysis) is 1. The monoisotopic (exact) mass is 349 g/mol. The molecule has 0 saturated carbocycles. The highest BCUT2D eigenvalue weighted by molar-refractivity contribution is 6.32. The van der Waals surface area contributed by atoms with E-state index >= 15 is 0 Å². The molecule has 1 heterocycles.